The number of hydrogen-bond donors (Lipinski definition) is 2. The van der Waals surface area contributed by atoms with Crippen LogP contribution in [0, 0.1) is 0 Å². The van der Waals surface area contributed by atoms with E-state index in [4.69, 9.17) is 19.3 Å². The lowest BCUT2D eigenvalue weighted by Gasteiger charge is -2.18. The molecule has 5 heteroatoms. The van der Waals surface area contributed by atoms with Crippen LogP contribution in [0.4, 0.5) is 0 Å². The number of aliphatic hydroxyl groups excluding tert-OH is 2. The standard InChI is InChI=1S/C9H18O5/c1-6-9(13-4-3-12-2)8(11)7(5-10)14-6/h6-11H,3-5H2,1-2H3/t6-,7+,8-,9?/m0/s1. The van der Waals surface area contributed by atoms with Crippen molar-refractivity contribution >= 4 is 0 Å². The normalized spacial score (nSPS) is 37.7. The van der Waals surface area contributed by atoms with Crippen molar-refractivity contribution in [3.8, 4) is 0 Å². The molecular weight excluding hydrogens is 188 g/mol. The molecule has 0 aromatic carbocycles. The van der Waals surface area contributed by atoms with E-state index in [-0.39, 0.29) is 18.8 Å². The number of rotatable bonds is 5. The Balaban J connectivity index is 2.36. The number of methoxy groups -OCH3 is 1. The molecule has 5 nitrogen and oxygen atoms in total. The zero-order valence-electron chi connectivity index (χ0n) is 8.55. The summed E-state index contributed by atoms with van der Waals surface area (Å²) >= 11 is 0. The summed E-state index contributed by atoms with van der Waals surface area (Å²) in [4.78, 5) is 0. The first-order valence-corrected chi connectivity index (χ1v) is 4.75. The molecule has 0 saturated carbocycles. The van der Waals surface area contributed by atoms with Crippen molar-refractivity contribution in [2.24, 2.45) is 0 Å². The van der Waals surface area contributed by atoms with Crippen LogP contribution in [0.25, 0.3) is 0 Å². The predicted octanol–water partition coefficient (Wildman–Crippen LogP) is -0.842. The molecule has 2 N–H and O–H groups in total. The van der Waals surface area contributed by atoms with Gasteiger partial charge in [0.15, 0.2) is 0 Å². The van der Waals surface area contributed by atoms with Crippen LogP contribution in [0.2, 0.25) is 0 Å². The van der Waals surface area contributed by atoms with Gasteiger partial charge in [0, 0.05) is 7.11 Å². The van der Waals surface area contributed by atoms with Crippen LogP contribution in [0.5, 0.6) is 0 Å². The van der Waals surface area contributed by atoms with Gasteiger partial charge in [-0.25, -0.2) is 0 Å². The topological polar surface area (TPSA) is 68.2 Å². The third-order valence-corrected chi connectivity index (χ3v) is 2.35. The Morgan fingerprint density at radius 2 is 2.07 bits per heavy atom. The first kappa shape index (κ1) is 11.9. The maximum absolute atomic E-state index is 9.67. The van der Waals surface area contributed by atoms with Crippen molar-refractivity contribution < 1.29 is 24.4 Å². The molecule has 0 radical (unpaired) electrons. The highest BCUT2D eigenvalue weighted by Gasteiger charge is 2.41. The molecule has 0 aromatic heterocycles. The molecular formula is C9H18O5. The van der Waals surface area contributed by atoms with Crippen LogP contribution in [-0.4, -0.2) is 61.6 Å². The maximum Gasteiger partial charge on any atom is 0.112 e. The minimum Gasteiger partial charge on any atom is -0.394 e. The Bertz CT molecular complexity index is 163. The Kier molecular flexibility index (Phi) is 4.77. The Hall–Kier alpha value is -0.200. The lowest BCUT2D eigenvalue weighted by Crippen LogP contribution is -2.36. The molecule has 4 atom stereocenters. The van der Waals surface area contributed by atoms with Crippen molar-refractivity contribution in [2.75, 3.05) is 26.9 Å². The lowest BCUT2D eigenvalue weighted by atomic mass is 10.1. The molecule has 1 rings (SSSR count). The largest absolute Gasteiger partial charge is 0.394 e. The van der Waals surface area contributed by atoms with Crippen molar-refractivity contribution in [3.05, 3.63) is 0 Å². The second-order valence-corrected chi connectivity index (χ2v) is 3.38. The second-order valence-electron chi connectivity index (χ2n) is 3.38. The van der Waals surface area contributed by atoms with E-state index in [1.54, 1.807) is 7.11 Å². The summed E-state index contributed by atoms with van der Waals surface area (Å²) in [6.07, 6.45) is -1.86. The van der Waals surface area contributed by atoms with E-state index in [0.29, 0.717) is 13.2 Å². The molecule has 1 unspecified atom stereocenters. The Morgan fingerprint density at radius 1 is 1.36 bits per heavy atom. The van der Waals surface area contributed by atoms with Crippen molar-refractivity contribution in [2.45, 2.75) is 31.3 Å². The van der Waals surface area contributed by atoms with Crippen molar-refractivity contribution in [3.63, 3.8) is 0 Å². The minimum atomic E-state index is -0.758. The molecule has 1 aliphatic rings. The van der Waals surface area contributed by atoms with Gasteiger partial charge in [-0.05, 0) is 6.92 Å². The lowest BCUT2D eigenvalue weighted by molar-refractivity contribution is -0.0480. The molecule has 0 amide bonds. The van der Waals surface area contributed by atoms with E-state index in [2.05, 4.69) is 0 Å². The highest BCUT2D eigenvalue weighted by molar-refractivity contribution is 4.89. The SMILES string of the molecule is COCCOC1[C@H](C)O[C@H](CO)[C@@H]1O. The summed E-state index contributed by atoms with van der Waals surface area (Å²) in [5, 5.41) is 18.5. The maximum atomic E-state index is 9.67. The van der Waals surface area contributed by atoms with Gasteiger partial charge in [-0.3, -0.25) is 0 Å². The van der Waals surface area contributed by atoms with E-state index in [1.165, 1.54) is 0 Å². The molecule has 1 fully saturated rings. The average Bonchev–Trinajstić information content (AvgIpc) is 2.45. The first-order chi connectivity index (χ1) is 6.70. The Morgan fingerprint density at radius 3 is 2.57 bits per heavy atom. The number of aliphatic hydroxyl groups is 2. The summed E-state index contributed by atoms with van der Waals surface area (Å²) in [5.74, 6) is 0. The van der Waals surface area contributed by atoms with Crippen LogP contribution >= 0.6 is 0 Å². The summed E-state index contributed by atoms with van der Waals surface area (Å²) in [7, 11) is 1.59. The molecule has 84 valence electrons. The van der Waals surface area contributed by atoms with Crippen LogP contribution in [-0.2, 0) is 14.2 Å². The Labute approximate surface area is 83.6 Å². The molecule has 0 spiro atoms. The molecule has 1 saturated heterocycles. The quantitative estimate of drug-likeness (QED) is 0.574. The van der Waals surface area contributed by atoms with Crippen molar-refractivity contribution in [1.29, 1.82) is 0 Å². The van der Waals surface area contributed by atoms with Gasteiger partial charge in [-0.15, -0.1) is 0 Å². The summed E-state index contributed by atoms with van der Waals surface area (Å²) in [6, 6.07) is 0. The smallest absolute Gasteiger partial charge is 0.112 e. The fraction of sp³-hybridized carbons (Fsp3) is 1.00. The molecule has 0 bridgehead atoms. The third-order valence-electron chi connectivity index (χ3n) is 2.35. The van der Waals surface area contributed by atoms with Crippen LogP contribution in [0.3, 0.4) is 0 Å². The summed E-state index contributed by atoms with van der Waals surface area (Å²) in [5.41, 5.74) is 0. The predicted molar refractivity (Wildman–Crippen MR) is 49.0 cm³/mol. The van der Waals surface area contributed by atoms with Crippen LogP contribution in [0.15, 0.2) is 0 Å². The van der Waals surface area contributed by atoms with Gasteiger partial charge >= 0.3 is 0 Å². The zero-order valence-corrected chi connectivity index (χ0v) is 8.55. The second kappa shape index (κ2) is 5.63. The molecule has 14 heavy (non-hydrogen) atoms. The van der Waals surface area contributed by atoms with E-state index < -0.39 is 12.2 Å². The monoisotopic (exact) mass is 206 g/mol. The van der Waals surface area contributed by atoms with E-state index in [9.17, 15) is 5.11 Å². The van der Waals surface area contributed by atoms with Gasteiger partial charge in [0.1, 0.15) is 18.3 Å². The first-order valence-electron chi connectivity index (χ1n) is 4.75. The van der Waals surface area contributed by atoms with Gasteiger partial charge < -0.3 is 24.4 Å². The number of ether oxygens (including phenoxy) is 3. The molecule has 1 heterocycles. The highest BCUT2D eigenvalue weighted by atomic mass is 16.6. The van der Waals surface area contributed by atoms with Gasteiger partial charge in [0.2, 0.25) is 0 Å². The van der Waals surface area contributed by atoms with Gasteiger partial charge in [-0.2, -0.15) is 0 Å². The molecule has 0 aliphatic carbocycles. The van der Waals surface area contributed by atoms with Crippen LogP contribution in [0.1, 0.15) is 6.92 Å². The molecule has 0 aromatic rings. The van der Waals surface area contributed by atoms with Gasteiger partial charge in [0.25, 0.3) is 0 Å². The van der Waals surface area contributed by atoms with E-state index >= 15 is 0 Å². The summed E-state index contributed by atoms with van der Waals surface area (Å²) in [6.45, 7) is 2.54. The van der Waals surface area contributed by atoms with E-state index in [0.717, 1.165) is 0 Å². The fourth-order valence-electron chi connectivity index (χ4n) is 1.58. The van der Waals surface area contributed by atoms with Gasteiger partial charge in [-0.1, -0.05) is 0 Å². The fourth-order valence-corrected chi connectivity index (χ4v) is 1.58. The van der Waals surface area contributed by atoms with Gasteiger partial charge in [0.05, 0.1) is 25.9 Å². The highest BCUT2D eigenvalue weighted by Crippen LogP contribution is 2.23. The minimum absolute atomic E-state index is 0.185. The van der Waals surface area contributed by atoms with Crippen LogP contribution < -0.4 is 0 Å². The average molecular weight is 206 g/mol. The zero-order chi connectivity index (χ0) is 10.6. The number of hydrogen-bond acceptors (Lipinski definition) is 5. The van der Waals surface area contributed by atoms with Crippen molar-refractivity contribution in [1.82, 2.24) is 0 Å². The summed E-state index contributed by atoms with van der Waals surface area (Å²) < 4.78 is 15.5. The van der Waals surface area contributed by atoms with E-state index in [1.807, 2.05) is 6.92 Å². The molecule has 1 aliphatic heterocycles. The third kappa shape index (κ3) is 2.65.